The van der Waals surface area contributed by atoms with Crippen molar-refractivity contribution in [2.24, 2.45) is 0 Å². The first-order valence-electron chi connectivity index (χ1n) is 13.7. The molecule has 2 heterocycles. The number of hydrogen-bond donors (Lipinski definition) is 1. The van der Waals surface area contributed by atoms with Gasteiger partial charge >= 0.3 is 0 Å². The average Bonchev–Trinajstić information content (AvgIpc) is 2.97. The third kappa shape index (κ3) is 7.30. The van der Waals surface area contributed by atoms with Crippen molar-refractivity contribution in [1.29, 1.82) is 0 Å². The Morgan fingerprint density at radius 1 is 1.00 bits per heavy atom. The quantitative estimate of drug-likeness (QED) is 0.387. The summed E-state index contributed by atoms with van der Waals surface area (Å²) in [7, 11) is 0. The van der Waals surface area contributed by atoms with Crippen LogP contribution in [0.4, 0.5) is 0 Å². The zero-order valence-electron chi connectivity index (χ0n) is 22.1. The van der Waals surface area contributed by atoms with Crippen molar-refractivity contribution in [3.8, 4) is 0 Å². The fraction of sp³-hybridized carbons (Fsp3) is 0.433. The lowest BCUT2D eigenvalue weighted by molar-refractivity contribution is -0.129. The molecule has 0 saturated carbocycles. The van der Waals surface area contributed by atoms with Gasteiger partial charge < -0.3 is 19.3 Å². The van der Waals surface area contributed by atoms with Crippen molar-refractivity contribution in [1.82, 2.24) is 14.5 Å². The van der Waals surface area contributed by atoms with E-state index in [0.717, 1.165) is 67.6 Å². The first kappa shape index (κ1) is 27.9. The van der Waals surface area contributed by atoms with Gasteiger partial charge in [-0.15, -0.1) is 0 Å². The van der Waals surface area contributed by atoms with Gasteiger partial charge in [-0.05, 0) is 40.3 Å². The molecule has 1 N–H and O–H groups in total. The Kier molecular flexibility index (Phi) is 9.73. The molecular weight excluding hydrogens is 514 g/mol. The van der Waals surface area contributed by atoms with Crippen LogP contribution in [0.25, 0.3) is 10.8 Å². The van der Waals surface area contributed by atoms with Gasteiger partial charge in [0, 0.05) is 44.0 Å². The maximum Gasteiger partial charge on any atom is 0.246 e. The number of amides is 1. The Morgan fingerprint density at radius 3 is 2.54 bits per heavy atom. The fourth-order valence-electron chi connectivity index (χ4n) is 5.52. The van der Waals surface area contributed by atoms with Gasteiger partial charge in [-0.2, -0.15) is 0 Å². The van der Waals surface area contributed by atoms with Gasteiger partial charge in [0.25, 0.3) is 0 Å². The van der Waals surface area contributed by atoms with E-state index in [4.69, 9.17) is 9.47 Å². The molecule has 2 aliphatic rings. The van der Waals surface area contributed by atoms with E-state index < -0.39 is 17.4 Å². The molecule has 3 atom stereocenters. The lowest BCUT2D eigenvalue weighted by atomic mass is 9.91. The summed E-state index contributed by atoms with van der Waals surface area (Å²) >= 11 is -2.36. The van der Waals surface area contributed by atoms with Crippen LogP contribution in [0, 0.1) is 0 Å². The molecule has 0 aromatic heterocycles. The molecule has 2 fully saturated rings. The SMILES string of the molecule is O=C(COC(c1cccc2ccccc12)C1CCCCN1S(=O)[O-])NCc1ccc(CN2CCOCC2)cc1. The van der Waals surface area contributed by atoms with E-state index in [1.165, 1.54) is 9.87 Å². The van der Waals surface area contributed by atoms with E-state index in [-0.39, 0.29) is 18.6 Å². The summed E-state index contributed by atoms with van der Waals surface area (Å²) in [6.07, 6.45) is 1.86. The van der Waals surface area contributed by atoms with Gasteiger partial charge in [0.15, 0.2) is 0 Å². The van der Waals surface area contributed by atoms with Crippen LogP contribution in [0.15, 0.2) is 66.7 Å². The highest BCUT2D eigenvalue weighted by molar-refractivity contribution is 7.76. The highest BCUT2D eigenvalue weighted by Gasteiger charge is 2.33. The topological polar surface area (TPSA) is 94.2 Å². The van der Waals surface area contributed by atoms with Gasteiger partial charge in [0.1, 0.15) is 12.7 Å². The molecule has 3 aromatic carbocycles. The van der Waals surface area contributed by atoms with Crippen molar-refractivity contribution in [2.45, 2.75) is 44.5 Å². The molecule has 9 heteroatoms. The van der Waals surface area contributed by atoms with Crippen molar-refractivity contribution in [2.75, 3.05) is 39.5 Å². The predicted molar refractivity (Wildman–Crippen MR) is 150 cm³/mol. The maximum atomic E-state index is 12.9. The number of nitrogens with zero attached hydrogens (tertiary/aromatic N) is 2. The number of piperidine rings is 1. The second-order valence-corrected chi connectivity index (χ2v) is 11.1. The molecule has 3 unspecified atom stereocenters. The molecular formula is C30H36N3O5S-. The number of morpholine rings is 1. The fourth-order valence-corrected chi connectivity index (χ4v) is 6.24. The second kappa shape index (κ2) is 13.6. The molecule has 3 aromatic rings. The summed E-state index contributed by atoms with van der Waals surface area (Å²) in [6.45, 7) is 5.05. The zero-order chi connectivity index (χ0) is 27.0. The van der Waals surface area contributed by atoms with Gasteiger partial charge in [-0.3, -0.25) is 13.9 Å². The van der Waals surface area contributed by atoms with Gasteiger partial charge in [0.2, 0.25) is 5.91 Å². The molecule has 2 aliphatic heterocycles. The van der Waals surface area contributed by atoms with Crippen molar-refractivity contribution in [3.63, 3.8) is 0 Å². The van der Waals surface area contributed by atoms with Crippen LogP contribution < -0.4 is 5.32 Å². The lowest BCUT2D eigenvalue weighted by Gasteiger charge is -2.41. The normalized spacial score (nSPS) is 20.5. The monoisotopic (exact) mass is 550 g/mol. The van der Waals surface area contributed by atoms with E-state index in [0.29, 0.717) is 19.5 Å². The Bertz CT molecular complexity index is 1260. The predicted octanol–water partition coefficient (Wildman–Crippen LogP) is 3.69. The summed E-state index contributed by atoms with van der Waals surface area (Å²) < 4.78 is 37.3. The molecule has 8 nitrogen and oxygen atoms in total. The number of carbonyl (C=O) groups excluding carboxylic acids is 1. The minimum absolute atomic E-state index is 0.154. The summed E-state index contributed by atoms with van der Waals surface area (Å²) in [5.74, 6) is -0.233. The molecule has 5 rings (SSSR count). The average molecular weight is 551 g/mol. The third-order valence-electron chi connectivity index (χ3n) is 7.59. The minimum atomic E-state index is -2.36. The van der Waals surface area contributed by atoms with Crippen LogP contribution in [0.5, 0.6) is 0 Å². The molecule has 0 spiro atoms. The number of fused-ring (bicyclic) bond motifs is 1. The van der Waals surface area contributed by atoms with Crippen LogP contribution in [-0.4, -0.2) is 69.4 Å². The number of hydrogen-bond acceptors (Lipinski definition) is 6. The second-order valence-electron chi connectivity index (χ2n) is 10.2. The molecule has 2 saturated heterocycles. The Hall–Kier alpha value is -2.66. The first-order valence-corrected chi connectivity index (χ1v) is 14.7. The molecule has 208 valence electrons. The summed E-state index contributed by atoms with van der Waals surface area (Å²) in [5.41, 5.74) is 3.15. The van der Waals surface area contributed by atoms with E-state index in [1.54, 1.807) is 0 Å². The molecule has 0 aliphatic carbocycles. The van der Waals surface area contributed by atoms with E-state index >= 15 is 0 Å². The molecule has 39 heavy (non-hydrogen) atoms. The standard InChI is InChI=1S/C30H37N3O5S/c34-29(31-20-23-11-13-24(14-12-23)21-32-16-18-37-19-17-32)22-38-30(28-10-3-4-15-33(28)39(35)36)27-9-5-7-25-6-1-2-8-26(25)27/h1-2,5-9,11-14,28,30H,3-4,10,15-22H2,(H,31,34)(H,35,36)/p-1. The van der Waals surface area contributed by atoms with Crippen molar-refractivity contribution < 1.29 is 23.0 Å². The Morgan fingerprint density at radius 2 is 1.74 bits per heavy atom. The van der Waals surface area contributed by atoms with Crippen LogP contribution in [-0.2, 0) is 38.6 Å². The number of nitrogens with one attached hydrogen (secondary N) is 1. The minimum Gasteiger partial charge on any atom is -0.760 e. The van der Waals surface area contributed by atoms with Crippen LogP contribution >= 0.6 is 0 Å². The van der Waals surface area contributed by atoms with Gasteiger partial charge in [-0.1, -0.05) is 73.2 Å². The van der Waals surface area contributed by atoms with Gasteiger partial charge in [0.05, 0.1) is 19.3 Å². The Balaban J connectivity index is 1.23. The third-order valence-corrected chi connectivity index (χ3v) is 8.42. The van der Waals surface area contributed by atoms with E-state index in [1.807, 2.05) is 54.6 Å². The zero-order valence-corrected chi connectivity index (χ0v) is 22.9. The van der Waals surface area contributed by atoms with Gasteiger partial charge in [-0.25, -0.2) is 4.31 Å². The highest BCUT2D eigenvalue weighted by Crippen LogP contribution is 2.35. The molecule has 0 radical (unpaired) electrons. The highest BCUT2D eigenvalue weighted by atomic mass is 32.2. The summed E-state index contributed by atoms with van der Waals surface area (Å²) in [5, 5.41) is 5.01. The summed E-state index contributed by atoms with van der Waals surface area (Å²) in [4.78, 5) is 15.2. The number of ether oxygens (including phenoxy) is 2. The maximum absolute atomic E-state index is 12.9. The van der Waals surface area contributed by atoms with Crippen molar-refractivity contribution >= 4 is 27.9 Å². The molecule has 0 bridgehead atoms. The van der Waals surface area contributed by atoms with Crippen molar-refractivity contribution in [3.05, 3.63) is 83.4 Å². The number of benzene rings is 3. The van der Waals surface area contributed by atoms with Crippen LogP contribution in [0.2, 0.25) is 0 Å². The van der Waals surface area contributed by atoms with E-state index in [2.05, 4.69) is 22.3 Å². The number of rotatable bonds is 10. The first-order chi connectivity index (χ1) is 19.1. The molecule has 1 amide bonds. The lowest BCUT2D eigenvalue weighted by Crippen LogP contribution is -2.45. The largest absolute Gasteiger partial charge is 0.760 e. The smallest absolute Gasteiger partial charge is 0.246 e. The van der Waals surface area contributed by atoms with Crippen LogP contribution in [0.3, 0.4) is 0 Å². The number of carbonyl (C=O) groups is 1. The van der Waals surface area contributed by atoms with Crippen LogP contribution in [0.1, 0.15) is 42.1 Å². The van der Waals surface area contributed by atoms with E-state index in [9.17, 15) is 13.6 Å². The summed E-state index contributed by atoms with van der Waals surface area (Å²) in [6, 6.07) is 21.9. The Labute approximate surface area is 232 Å².